The molecular weight excluding hydrogens is 352 g/mol. The number of aromatic nitrogens is 3. The number of amides is 1. The molecule has 1 amide bonds. The highest BCUT2D eigenvalue weighted by molar-refractivity contribution is 6.30. The minimum absolute atomic E-state index is 0.0198. The van der Waals surface area contributed by atoms with E-state index in [9.17, 15) is 4.79 Å². The second-order valence-corrected chi connectivity index (χ2v) is 6.51. The Hall–Kier alpha value is -2.70. The van der Waals surface area contributed by atoms with Gasteiger partial charge in [-0.1, -0.05) is 35.9 Å². The van der Waals surface area contributed by atoms with Crippen LogP contribution in [0.4, 0.5) is 0 Å². The minimum atomic E-state index is -0.151. The maximum absolute atomic E-state index is 13.0. The van der Waals surface area contributed by atoms with E-state index in [-0.39, 0.29) is 12.0 Å². The van der Waals surface area contributed by atoms with Crippen molar-refractivity contribution in [3.8, 4) is 11.4 Å². The fourth-order valence-corrected chi connectivity index (χ4v) is 3.17. The average molecular weight is 369 g/mol. The number of carbonyl (C=O) groups excluding carboxylic acids is 1. The summed E-state index contributed by atoms with van der Waals surface area (Å²) in [7, 11) is 0. The molecule has 1 N–H and O–H groups in total. The van der Waals surface area contributed by atoms with Crippen LogP contribution in [0.1, 0.15) is 22.0 Å². The number of halogens is 1. The van der Waals surface area contributed by atoms with Gasteiger partial charge in [0.05, 0.1) is 13.2 Å². The first-order chi connectivity index (χ1) is 12.7. The van der Waals surface area contributed by atoms with E-state index >= 15 is 0 Å². The molecule has 1 atom stereocenters. The molecule has 4 rings (SSSR count). The average Bonchev–Trinajstić information content (AvgIpc) is 3.23. The summed E-state index contributed by atoms with van der Waals surface area (Å²) >= 11 is 5.95. The number of morpholine rings is 1. The van der Waals surface area contributed by atoms with E-state index in [4.69, 9.17) is 16.3 Å². The molecule has 1 fully saturated rings. The van der Waals surface area contributed by atoms with E-state index in [1.807, 2.05) is 53.4 Å². The smallest absolute Gasteiger partial charge is 0.254 e. The Morgan fingerprint density at radius 2 is 2.08 bits per heavy atom. The number of hydrogen-bond acceptors (Lipinski definition) is 4. The molecule has 3 aromatic rings. The third-order valence-corrected chi connectivity index (χ3v) is 4.65. The van der Waals surface area contributed by atoms with E-state index in [0.29, 0.717) is 36.1 Å². The number of benzene rings is 2. The Bertz CT molecular complexity index is 896. The molecule has 6 nitrogen and oxygen atoms in total. The molecule has 0 saturated carbocycles. The van der Waals surface area contributed by atoms with Crippen LogP contribution in [0.2, 0.25) is 5.02 Å². The van der Waals surface area contributed by atoms with E-state index in [0.717, 1.165) is 11.1 Å². The quantitative estimate of drug-likeness (QED) is 0.769. The van der Waals surface area contributed by atoms with E-state index < -0.39 is 0 Å². The zero-order valence-corrected chi connectivity index (χ0v) is 14.7. The lowest BCUT2D eigenvalue weighted by Crippen LogP contribution is -2.42. The van der Waals surface area contributed by atoms with Gasteiger partial charge in [-0.3, -0.25) is 9.89 Å². The maximum Gasteiger partial charge on any atom is 0.254 e. The molecule has 1 aliphatic heterocycles. The van der Waals surface area contributed by atoms with Gasteiger partial charge in [0.25, 0.3) is 5.91 Å². The topological polar surface area (TPSA) is 71.1 Å². The van der Waals surface area contributed by atoms with Gasteiger partial charge in [0.2, 0.25) is 0 Å². The van der Waals surface area contributed by atoms with Crippen LogP contribution in [0.15, 0.2) is 54.9 Å². The Morgan fingerprint density at radius 3 is 2.85 bits per heavy atom. The molecule has 0 radical (unpaired) electrons. The normalized spacial score (nSPS) is 17.3. The predicted octanol–water partition coefficient (Wildman–Crippen LogP) is 3.34. The van der Waals surface area contributed by atoms with E-state index in [1.54, 1.807) is 0 Å². The summed E-state index contributed by atoms with van der Waals surface area (Å²) in [5.41, 5.74) is 2.47. The van der Waals surface area contributed by atoms with Crippen LogP contribution in [-0.2, 0) is 4.74 Å². The van der Waals surface area contributed by atoms with Crippen molar-refractivity contribution in [2.75, 3.05) is 19.7 Å². The van der Waals surface area contributed by atoms with Gasteiger partial charge in [-0.25, -0.2) is 4.98 Å². The Kier molecular flexibility index (Phi) is 4.69. The Balaban J connectivity index is 1.52. The highest BCUT2D eigenvalue weighted by Gasteiger charge is 2.26. The lowest BCUT2D eigenvalue weighted by molar-refractivity contribution is -0.0228. The van der Waals surface area contributed by atoms with Gasteiger partial charge in [-0.2, -0.15) is 5.10 Å². The van der Waals surface area contributed by atoms with Gasteiger partial charge >= 0.3 is 0 Å². The van der Waals surface area contributed by atoms with Crippen molar-refractivity contribution >= 4 is 17.5 Å². The van der Waals surface area contributed by atoms with Crippen molar-refractivity contribution in [1.29, 1.82) is 0 Å². The lowest BCUT2D eigenvalue weighted by Gasteiger charge is -2.33. The van der Waals surface area contributed by atoms with E-state index in [2.05, 4.69) is 15.2 Å². The summed E-state index contributed by atoms with van der Waals surface area (Å²) in [6, 6.07) is 14.9. The second-order valence-electron chi connectivity index (χ2n) is 6.08. The standard InChI is InChI=1S/C19H17ClN4O2/c20-16-6-4-13(5-7-16)17-11-24(8-9-26-17)19(25)15-3-1-2-14(10-15)18-21-12-22-23-18/h1-7,10,12,17H,8-9,11H2,(H,21,22,23). The lowest BCUT2D eigenvalue weighted by atomic mass is 10.1. The van der Waals surface area contributed by atoms with Crippen LogP contribution in [0.3, 0.4) is 0 Å². The summed E-state index contributed by atoms with van der Waals surface area (Å²) in [5.74, 6) is 0.620. The van der Waals surface area contributed by atoms with Crippen LogP contribution in [-0.4, -0.2) is 45.7 Å². The third-order valence-electron chi connectivity index (χ3n) is 4.39. The number of nitrogens with one attached hydrogen (secondary N) is 1. The Morgan fingerprint density at radius 1 is 1.23 bits per heavy atom. The summed E-state index contributed by atoms with van der Waals surface area (Å²) < 4.78 is 5.84. The number of aromatic amines is 1. The fourth-order valence-electron chi connectivity index (χ4n) is 3.04. The molecule has 0 spiro atoms. The van der Waals surface area contributed by atoms with Crippen LogP contribution < -0.4 is 0 Å². The van der Waals surface area contributed by atoms with Gasteiger partial charge in [-0.15, -0.1) is 0 Å². The number of rotatable bonds is 3. The molecule has 0 aliphatic carbocycles. The maximum atomic E-state index is 13.0. The van der Waals surface area contributed by atoms with Crippen molar-refractivity contribution in [3.63, 3.8) is 0 Å². The first kappa shape index (κ1) is 16.8. The first-order valence-electron chi connectivity index (χ1n) is 8.33. The van der Waals surface area contributed by atoms with E-state index in [1.165, 1.54) is 6.33 Å². The summed E-state index contributed by atoms with van der Waals surface area (Å²) in [6.07, 6.45) is 1.30. The number of H-pyrrole nitrogens is 1. The molecule has 1 unspecified atom stereocenters. The SMILES string of the molecule is O=C(c1cccc(-c2ncn[nH]2)c1)N1CCOC(c2ccc(Cl)cc2)C1. The van der Waals surface area contributed by atoms with Crippen LogP contribution in [0.25, 0.3) is 11.4 Å². The molecule has 2 aromatic carbocycles. The van der Waals surface area contributed by atoms with Crippen LogP contribution in [0, 0.1) is 0 Å². The fraction of sp³-hybridized carbons (Fsp3) is 0.211. The molecule has 7 heteroatoms. The number of nitrogens with zero attached hydrogens (tertiary/aromatic N) is 3. The number of ether oxygens (including phenoxy) is 1. The van der Waals surface area contributed by atoms with Crippen molar-refractivity contribution in [3.05, 3.63) is 71.0 Å². The highest BCUT2D eigenvalue weighted by atomic mass is 35.5. The third kappa shape index (κ3) is 3.47. The monoisotopic (exact) mass is 368 g/mol. The zero-order valence-electron chi connectivity index (χ0n) is 13.9. The molecular formula is C19H17ClN4O2. The number of hydrogen-bond donors (Lipinski definition) is 1. The minimum Gasteiger partial charge on any atom is -0.370 e. The number of carbonyl (C=O) groups is 1. The molecule has 132 valence electrons. The van der Waals surface area contributed by atoms with Crippen molar-refractivity contribution in [1.82, 2.24) is 20.1 Å². The molecule has 1 saturated heterocycles. The molecule has 2 heterocycles. The summed E-state index contributed by atoms with van der Waals surface area (Å²) in [6.45, 7) is 1.57. The zero-order chi connectivity index (χ0) is 17.9. The molecule has 0 bridgehead atoms. The van der Waals surface area contributed by atoms with Gasteiger partial charge in [0.1, 0.15) is 12.4 Å². The predicted molar refractivity (Wildman–Crippen MR) is 97.9 cm³/mol. The van der Waals surface area contributed by atoms with Gasteiger partial charge in [-0.05, 0) is 29.8 Å². The van der Waals surface area contributed by atoms with Crippen LogP contribution >= 0.6 is 11.6 Å². The van der Waals surface area contributed by atoms with Gasteiger partial charge in [0, 0.05) is 22.7 Å². The van der Waals surface area contributed by atoms with Gasteiger partial charge < -0.3 is 9.64 Å². The largest absolute Gasteiger partial charge is 0.370 e. The molecule has 26 heavy (non-hydrogen) atoms. The van der Waals surface area contributed by atoms with Crippen molar-refractivity contribution in [2.45, 2.75) is 6.10 Å². The summed E-state index contributed by atoms with van der Waals surface area (Å²) in [5, 5.41) is 7.35. The summed E-state index contributed by atoms with van der Waals surface area (Å²) in [4.78, 5) is 18.9. The Labute approximate surface area is 155 Å². The molecule has 1 aromatic heterocycles. The second kappa shape index (κ2) is 7.27. The van der Waals surface area contributed by atoms with Gasteiger partial charge in [0.15, 0.2) is 5.82 Å². The highest BCUT2D eigenvalue weighted by Crippen LogP contribution is 2.25. The molecule has 1 aliphatic rings. The first-order valence-corrected chi connectivity index (χ1v) is 8.70. The van der Waals surface area contributed by atoms with Crippen molar-refractivity contribution < 1.29 is 9.53 Å². The van der Waals surface area contributed by atoms with Crippen molar-refractivity contribution in [2.24, 2.45) is 0 Å². The van der Waals surface area contributed by atoms with Crippen LogP contribution in [0.5, 0.6) is 0 Å².